The SMILES string of the molecule is O=C(Nc1ccc(Cl)cn1)C1CCCN(C(=O)c2ccc3noc(-c4ccccc4)c3c2)C1. The van der Waals surface area contributed by atoms with E-state index in [0.717, 1.165) is 17.4 Å². The summed E-state index contributed by atoms with van der Waals surface area (Å²) >= 11 is 5.85. The minimum absolute atomic E-state index is 0.112. The molecule has 0 spiro atoms. The average molecular weight is 461 g/mol. The smallest absolute Gasteiger partial charge is 0.253 e. The number of aromatic nitrogens is 2. The van der Waals surface area contributed by atoms with Gasteiger partial charge in [-0.2, -0.15) is 0 Å². The molecule has 2 aromatic carbocycles. The second-order valence-electron chi connectivity index (χ2n) is 8.05. The summed E-state index contributed by atoms with van der Waals surface area (Å²) in [6.45, 7) is 0.959. The molecule has 1 atom stereocenters. The highest BCUT2D eigenvalue weighted by Crippen LogP contribution is 2.30. The fourth-order valence-electron chi connectivity index (χ4n) is 4.11. The number of piperidine rings is 1. The highest BCUT2D eigenvalue weighted by Gasteiger charge is 2.29. The summed E-state index contributed by atoms with van der Waals surface area (Å²) in [6, 6.07) is 18.4. The first kappa shape index (κ1) is 21.2. The molecule has 3 heterocycles. The predicted molar refractivity (Wildman–Crippen MR) is 126 cm³/mol. The number of nitrogens with zero attached hydrogens (tertiary/aromatic N) is 3. The van der Waals surface area contributed by atoms with Gasteiger partial charge in [0.25, 0.3) is 5.91 Å². The molecule has 0 radical (unpaired) electrons. The number of benzene rings is 2. The van der Waals surface area contributed by atoms with E-state index in [1.54, 1.807) is 29.2 Å². The van der Waals surface area contributed by atoms with Crippen LogP contribution in [0.25, 0.3) is 22.2 Å². The molecular weight excluding hydrogens is 440 g/mol. The first-order valence-corrected chi connectivity index (χ1v) is 11.1. The Hall–Kier alpha value is -3.71. The molecule has 2 aromatic heterocycles. The van der Waals surface area contributed by atoms with Crippen molar-refractivity contribution in [2.75, 3.05) is 18.4 Å². The molecule has 4 aromatic rings. The summed E-state index contributed by atoms with van der Waals surface area (Å²) in [5.74, 6) is 0.507. The normalized spacial score (nSPS) is 16.0. The Morgan fingerprint density at radius 2 is 1.94 bits per heavy atom. The van der Waals surface area contributed by atoms with Crippen molar-refractivity contribution in [2.45, 2.75) is 12.8 Å². The number of amides is 2. The van der Waals surface area contributed by atoms with E-state index < -0.39 is 0 Å². The van der Waals surface area contributed by atoms with Crippen LogP contribution in [-0.4, -0.2) is 39.9 Å². The van der Waals surface area contributed by atoms with Gasteiger partial charge in [-0.25, -0.2) is 4.98 Å². The molecule has 8 heteroatoms. The average Bonchev–Trinajstić information content (AvgIpc) is 3.29. The number of likely N-dealkylation sites (tertiary alicyclic amines) is 1. The quantitative estimate of drug-likeness (QED) is 0.461. The van der Waals surface area contributed by atoms with E-state index in [1.165, 1.54) is 6.20 Å². The fourth-order valence-corrected chi connectivity index (χ4v) is 4.22. The lowest BCUT2D eigenvalue weighted by atomic mass is 9.96. The van der Waals surface area contributed by atoms with E-state index in [4.69, 9.17) is 16.1 Å². The topological polar surface area (TPSA) is 88.3 Å². The number of fused-ring (bicyclic) bond motifs is 1. The molecule has 2 amide bonds. The first-order valence-electron chi connectivity index (χ1n) is 10.7. The van der Waals surface area contributed by atoms with E-state index >= 15 is 0 Å². The van der Waals surface area contributed by atoms with Crippen LogP contribution in [0.1, 0.15) is 23.2 Å². The fraction of sp³-hybridized carbons (Fsp3) is 0.200. The van der Waals surface area contributed by atoms with Crippen LogP contribution in [0.3, 0.4) is 0 Å². The van der Waals surface area contributed by atoms with Crippen molar-refractivity contribution in [2.24, 2.45) is 5.92 Å². The second-order valence-corrected chi connectivity index (χ2v) is 8.49. The monoisotopic (exact) mass is 460 g/mol. The van der Waals surface area contributed by atoms with Crippen molar-refractivity contribution in [1.29, 1.82) is 0 Å². The second kappa shape index (κ2) is 9.03. The van der Waals surface area contributed by atoms with Crippen LogP contribution in [0.4, 0.5) is 5.82 Å². The standard InChI is InChI=1S/C25H21ClN4O3/c26-19-9-11-22(27-14-19)28-24(31)18-7-4-12-30(15-18)25(32)17-8-10-21-20(13-17)23(33-29-21)16-5-2-1-3-6-16/h1-3,5-6,8-11,13-14,18H,4,7,12,15H2,(H,27,28,31). The van der Waals surface area contributed by atoms with Crippen molar-refractivity contribution >= 4 is 40.1 Å². The minimum Gasteiger partial charge on any atom is -0.355 e. The Bertz CT molecular complexity index is 1300. The maximum absolute atomic E-state index is 13.3. The molecule has 0 bridgehead atoms. The predicted octanol–water partition coefficient (Wildman–Crippen LogP) is 5.03. The van der Waals surface area contributed by atoms with Gasteiger partial charge in [0, 0.05) is 30.4 Å². The Labute approximate surface area is 195 Å². The molecule has 1 aliphatic rings. The molecule has 166 valence electrons. The molecule has 0 saturated carbocycles. The van der Waals surface area contributed by atoms with E-state index in [1.807, 2.05) is 36.4 Å². The maximum Gasteiger partial charge on any atom is 0.253 e. The number of hydrogen-bond acceptors (Lipinski definition) is 5. The van der Waals surface area contributed by atoms with Crippen LogP contribution in [0.5, 0.6) is 0 Å². The van der Waals surface area contributed by atoms with Gasteiger partial charge in [0.05, 0.1) is 16.3 Å². The Kier molecular flexibility index (Phi) is 5.79. The number of rotatable bonds is 4. The molecule has 1 N–H and O–H groups in total. The van der Waals surface area contributed by atoms with Crippen molar-refractivity contribution < 1.29 is 14.1 Å². The van der Waals surface area contributed by atoms with E-state index in [9.17, 15) is 9.59 Å². The van der Waals surface area contributed by atoms with Gasteiger partial charge in [-0.1, -0.05) is 47.1 Å². The van der Waals surface area contributed by atoms with Crippen LogP contribution in [0, 0.1) is 5.92 Å². The highest BCUT2D eigenvalue weighted by atomic mass is 35.5. The van der Waals surface area contributed by atoms with Gasteiger partial charge in [0.15, 0.2) is 5.76 Å². The largest absolute Gasteiger partial charge is 0.355 e. The summed E-state index contributed by atoms with van der Waals surface area (Å²) in [5, 5.41) is 8.23. The third kappa shape index (κ3) is 4.45. The summed E-state index contributed by atoms with van der Waals surface area (Å²) in [5.41, 5.74) is 2.13. The summed E-state index contributed by atoms with van der Waals surface area (Å²) in [7, 11) is 0. The number of halogens is 1. The Morgan fingerprint density at radius 3 is 2.73 bits per heavy atom. The maximum atomic E-state index is 13.3. The summed E-state index contributed by atoms with van der Waals surface area (Å²) in [6.07, 6.45) is 2.95. The molecular formula is C25H21ClN4O3. The lowest BCUT2D eigenvalue weighted by Crippen LogP contribution is -2.43. The number of nitrogens with one attached hydrogen (secondary N) is 1. The van der Waals surface area contributed by atoms with Gasteiger partial charge >= 0.3 is 0 Å². The van der Waals surface area contributed by atoms with Crippen LogP contribution >= 0.6 is 11.6 Å². The minimum atomic E-state index is -0.306. The third-order valence-corrected chi connectivity index (χ3v) is 6.04. The van der Waals surface area contributed by atoms with Gasteiger partial charge < -0.3 is 14.7 Å². The van der Waals surface area contributed by atoms with Crippen LogP contribution in [0.15, 0.2) is 71.4 Å². The van der Waals surface area contributed by atoms with Crippen molar-refractivity contribution in [3.05, 3.63) is 77.4 Å². The van der Waals surface area contributed by atoms with Gasteiger partial charge in [-0.15, -0.1) is 0 Å². The van der Waals surface area contributed by atoms with Crippen molar-refractivity contribution in [3.8, 4) is 11.3 Å². The summed E-state index contributed by atoms with van der Waals surface area (Å²) < 4.78 is 5.55. The van der Waals surface area contributed by atoms with Gasteiger partial charge in [0.1, 0.15) is 11.3 Å². The molecule has 1 unspecified atom stereocenters. The zero-order valence-corrected chi connectivity index (χ0v) is 18.5. The molecule has 0 aliphatic carbocycles. The number of carbonyl (C=O) groups excluding carboxylic acids is 2. The lowest BCUT2D eigenvalue weighted by molar-refractivity contribution is -0.121. The Balaban J connectivity index is 1.33. The molecule has 5 rings (SSSR count). The molecule has 7 nitrogen and oxygen atoms in total. The third-order valence-electron chi connectivity index (χ3n) is 5.82. The highest BCUT2D eigenvalue weighted by molar-refractivity contribution is 6.30. The van der Waals surface area contributed by atoms with Gasteiger partial charge in [-0.3, -0.25) is 9.59 Å². The van der Waals surface area contributed by atoms with Crippen molar-refractivity contribution in [3.63, 3.8) is 0 Å². The number of hydrogen-bond donors (Lipinski definition) is 1. The van der Waals surface area contributed by atoms with Gasteiger partial charge in [0.2, 0.25) is 5.91 Å². The number of anilines is 1. The van der Waals surface area contributed by atoms with Crippen molar-refractivity contribution in [1.82, 2.24) is 15.0 Å². The first-order chi connectivity index (χ1) is 16.1. The van der Waals surface area contributed by atoms with Crippen LogP contribution in [-0.2, 0) is 4.79 Å². The Morgan fingerprint density at radius 1 is 1.09 bits per heavy atom. The van der Waals surface area contributed by atoms with E-state index in [2.05, 4.69) is 15.5 Å². The zero-order chi connectivity index (χ0) is 22.8. The van der Waals surface area contributed by atoms with Crippen LogP contribution in [0.2, 0.25) is 5.02 Å². The van der Waals surface area contributed by atoms with Crippen LogP contribution < -0.4 is 5.32 Å². The summed E-state index contributed by atoms with van der Waals surface area (Å²) in [4.78, 5) is 31.9. The molecule has 33 heavy (non-hydrogen) atoms. The molecule has 1 fully saturated rings. The number of carbonyl (C=O) groups is 2. The van der Waals surface area contributed by atoms with E-state index in [0.29, 0.717) is 47.2 Å². The number of pyridine rings is 1. The zero-order valence-electron chi connectivity index (χ0n) is 17.7. The van der Waals surface area contributed by atoms with E-state index in [-0.39, 0.29) is 17.7 Å². The lowest BCUT2D eigenvalue weighted by Gasteiger charge is -2.32. The molecule has 1 aliphatic heterocycles. The van der Waals surface area contributed by atoms with Gasteiger partial charge in [-0.05, 0) is 43.2 Å². The molecule has 1 saturated heterocycles.